The molecule has 2 aromatic rings. The van der Waals surface area contributed by atoms with Crippen molar-refractivity contribution < 1.29 is 0 Å². The fourth-order valence-corrected chi connectivity index (χ4v) is 3.24. The second-order valence-electron chi connectivity index (χ2n) is 6.10. The number of aromatic nitrogens is 1. The fourth-order valence-electron chi connectivity index (χ4n) is 3.24. The van der Waals surface area contributed by atoms with Gasteiger partial charge in [0.05, 0.1) is 0 Å². The van der Waals surface area contributed by atoms with Gasteiger partial charge in [0.1, 0.15) is 11.6 Å². The van der Waals surface area contributed by atoms with Gasteiger partial charge in [0, 0.05) is 25.2 Å². The molecule has 0 atom stereocenters. The number of hydrogen-bond acceptors (Lipinski definition) is 3. The van der Waals surface area contributed by atoms with Gasteiger partial charge in [-0.3, -0.25) is 4.79 Å². The number of rotatable bonds is 3. The van der Waals surface area contributed by atoms with E-state index in [4.69, 9.17) is 0 Å². The average Bonchev–Trinajstić information content (AvgIpc) is 2.57. The molecule has 1 saturated heterocycles. The molecule has 2 heterocycles. The monoisotopic (exact) mass is 307 g/mol. The Morgan fingerprint density at radius 3 is 2.48 bits per heavy atom. The van der Waals surface area contributed by atoms with Gasteiger partial charge < -0.3 is 5.01 Å². The van der Waals surface area contributed by atoms with Crippen molar-refractivity contribution in [2.75, 3.05) is 18.1 Å². The van der Waals surface area contributed by atoms with Crippen LogP contribution in [0.3, 0.4) is 0 Å². The molecule has 0 aliphatic carbocycles. The van der Waals surface area contributed by atoms with E-state index in [0.717, 1.165) is 37.2 Å². The summed E-state index contributed by atoms with van der Waals surface area (Å²) in [5, 5.41) is 11.4. The molecular weight excluding hydrogens is 286 g/mol. The van der Waals surface area contributed by atoms with Gasteiger partial charge in [-0.25, -0.2) is 4.68 Å². The van der Waals surface area contributed by atoms with Crippen LogP contribution in [0.15, 0.2) is 41.2 Å². The summed E-state index contributed by atoms with van der Waals surface area (Å²) in [5.74, 6) is 0. The van der Waals surface area contributed by atoms with Crippen molar-refractivity contribution in [2.24, 2.45) is 0 Å². The van der Waals surface area contributed by atoms with E-state index >= 15 is 0 Å². The van der Waals surface area contributed by atoms with Gasteiger partial charge >= 0.3 is 0 Å². The van der Waals surface area contributed by atoms with Crippen LogP contribution in [0.1, 0.15) is 41.6 Å². The molecule has 0 spiro atoms. The van der Waals surface area contributed by atoms with E-state index in [1.165, 1.54) is 12.0 Å². The van der Waals surface area contributed by atoms with Crippen LogP contribution in [-0.2, 0) is 6.42 Å². The third kappa shape index (κ3) is 3.14. The molecule has 1 aliphatic heterocycles. The predicted molar refractivity (Wildman–Crippen MR) is 91.2 cm³/mol. The number of pyridine rings is 1. The van der Waals surface area contributed by atoms with E-state index in [9.17, 15) is 10.1 Å². The zero-order valence-corrected chi connectivity index (χ0v) is 13.5. The van der Waals surface area contributed by atoms with Crippen LogP contribution in [-0.4, -0.2) is 17.8 Å². The summed E-state index contributed by atoms with van der Waals surface area (Å²) in [5.41, 5.74) is 2.96. The van der Waals surface area contributed by atoms with Crippen LogP contribution in [0, 0.1) is 18.3 Å². The van der Waals surface area contributed by atoms with Gasteiger partial charge in [0.15, 0.2) is 0 Å². The minimum absolute atomic E-state index is 0.180. The summed E-state index contributed by atoms with van der Waals surface area (Å²) in [6, 6.07) is 14.2. The van der Waals surface area contributed by atoms with Crippen molar-refractivity contribution in [1.82, 2.24) is 4.68 Å². The predicted octanol–water partition coefficient (Wildman–Crippen LogP) is 2.74. The first-order valence-electron chi connectivity index (χ1n) is 8.15. The van der Waals surface area contributed by atoms with Crippen molar-refractivity contribution in [3.05, 3.63) is 69.1 Å². The minimum atomic E-state index is -0.180. The third-order valence-corrected chi connectivity index (χ3v) is 4.41. The third-order valence-electron chi connectivity index (χ3n) is 4.41. The SMILES string of the molecule is Cc1cc(Cc2ccccc2)n(N2CCCCC2)c(=O)c1C#N. The molecule has 118 valence electrons. The van der Waals surface area contributed by atoms with E-state index in [2.05, 4.69) is 23.2 Å². The van der Waals surface area contributed by atoms with Crippen LogP contribution in [0.25, 0.3) is 0 Å². The van der Waals surface area contributed by atoms with Crippen molar-refractivity contribution in [2.45, 2.75) is 32.6 Å². The zero-order valence-electron chi connectivity index (χ0n) is 13.5. The first-order valence-corrected chi connectivity index (χ1v) is 8.15. The Morgan fingerprint density at radius 2 is 1.83 bits per heavy atom. The highest BCUT2D eigenvalue weighted by atomic mass is 16.1. The second-order valence-corrected chi connectivity index (χ2v) is 6.10. The highest BCUT2D eigenvalue weighted by Gasteiger charge is 2.19. The van der Waals surface area contributed by atoms with Gasteiger partial charge in [0.2, 0.25) is 0 Å². The van der Waals surface area contributed by atoms with Crippen molar-refractivity contribution in [3.8, 4) is 6.07 Å². The highest BCUT2D eigenvalue weighted by molar-refractivity contribution is 5.38. The Bertz CT molecular complexity index is 781. The molecule has 1 aliphatic rings. The number of nitrogens with zero attached hydrogens (tertiary/aromatic N) is 3. The lowest BCUT2D eigenvalue weighted by Gasteiger charge is -2.32. The summed E-state index contributed by atoms with van der Waals surface area (Å²) in [6.45, 7) is 3.58. The summed E-state index contributed by atoms with van der Waals surface area (Å²) in [6.07, 6.45) is 4.08. The smallest absolute Gasteiger partial charge is 0.287 e. The van der Waals surface area contributed by atoms with Gasteiger partial charge in [0.25, 0.3) is 5.56 Å². The van der Waals surface area contributed by atoms with Gasteiger partial charge in [-0.05, 0) is 43.4 Å². The summed E-state index contributed by atoms with van der Waals surface area (Å²) in [4.78, 5) is 12.8. The molecule has 0 N–H and O–H groups in total. The van der Waals surface area contributed by atoms with E-state index in [0.29, 0.717) is 6.42 Å². The van der Waals surface area contributed by atoms with Crippen LogP contribution < -0.4 is 10.6 Å². The van der Waals surface area contributed by atoms with Gasteiger partial charge in [-0.2, -0.15) is 5.26 Å². The summed E-state index contributed by atoms with van der Waals surface area (Å²) in [7, 11) is 0. The molecule has 3 rings (SSSR count). The lowest BCUT2D eigenvalue weighted by atomic mass is 10.1. The lowest BCUT2D eigenvalue weighted by Crippen LogP contribution is -2.47. The Morgan fingerprint density at radius 1 is 1.13 bits per heavy atom. The number of aryl methyl sites for hydroxylation is 1. The van der Waals surface area contributed by atoms with Crippen LogP contribution in [0.4, 0.5) is 0 Å². The lowest BCUT2D eigenvalue weighted by molar-refractivity contribution is 0.460. The number of hydrogen-bond donors (Lipinski definition) is 0. The van der Waals surface area contributed by atoms with Crippen LogP contribution >= 0.6 is 0 Å². The number of benzene rings is 1. The Labute approximate surface area is 136 Å². The zero-order chi connectivity index (χ0) is 16.2. The van der Waals surface area contributed by atoms with Crippen molar-refractivity contribution in [3.63, 3.8) is 0 Å². The number of nitriles is 1. The molecule has 23 heavy (non-hydrogen) atoms. The Kier molecular flexibility index (Phi) is 4.47. The minimum Gasteiger partial charge on any atom is -0.310 e. The topological polar surface area (TPSA) is 49.0 Å². The molecule has 1 aromatic heterocycles. The van der Waals surface area contributed by atoms with Gasteiger partial charge in [-0.15, -0.1) is 0 Å². The van der Waals surface area contributed by atoms with E-state index in [-0.39, 0.29) is 11.1 Å². The molecule has 0 amide bonds. The maximum absolute atomic E-state index is 12.8. The molecule has 1 fully saturated rings. The van der Waals surface area contributed by atoms with Gasteiger partial charge in [-0.1, -0.05) is 30.3 Å². The molecule has 4 nitrogen and oxygen atoms in total. The van der Waals surface area contributed by atoms with E-state index in [1.807, 2.05) is 31.2 Å². The molecule has 0 radical (unpaired) electrons. The Hall–Kier alpha value is -2.54. The Balaban J connectivity index is 2.09. The highest BCUT2D eigenvalue weighted by Crippen LogP contribution is 2.15. The largest absolute Gasteiger partial charge is 0.310 e. The maximum atomic E-state index is 12.8. The average molecular weight is 307 g/mol. The summed E-state index contributed by atoms with van der Waals surface area (Å²) >= 11 is 0. The van der Waals surface area contributed by atoms with Crippen molar-refractivity contribution >= 4 is 0 Å². The maximum Gasteiger partial charge on any atom is 0.287 e. The molecule has 0 unspecified atom stereocenters. The summed E-state index contributed by atoms with van der Waals surface area (Å²) < 4.78 is 1.75. The normalized spacial score (nSPS) is 14.5. The standard InChI is InChI=1S/C19H21N3O/c1-15-12-17(13-16-8-4-2-5-9-16)22(19(23)18(15)14-20)21-10-6-3-7-11-21/h2,4-5,8-9,12H,3,6-7,10-11,13H2,1H3. The molecule has 0 bridgehead atoms. The van der Waals surface area contributed by atoms with E-state index < -0.39 is 0 Å². The van der Waals surface area contributed by atoms with Crippen LogP contribution in [0.2, 0.25) is 0 Å². The first-order chi connectivity index (χ1) is 11.2. The molecule has 1 aromatic carbocycles. The second kappa shape index (κ2) is 6.70. The van der Waals surface area contributed by atoms with E-state index in [1.54, 1.807) is 4.68 Å². The molecule has 0 saturated carbocycles. The van der Waals surface area contributed by atoms with Crippen molar-refractivity contribution in [1.29, 1.82) is 5.26 Å². The number of piperidine rings is 1. The molecular formula is C19H21N3O. The first kappa shape index (κ1) is 15.4. The van der Waals surface area contributed by atoms with Crippen LogP contribution in [0.5, 0.6) is 0 Å². The molecule has 4 heteroatoms. The quantitative estimate of drug-likeness (QED) is 0.876. The fraction of sp³-hybridized carbons (Fsp3) is 0.368.